The molecule has 0 bridgehead atoms. The molecule has 5 nitrogen and oxygen atoms in total. The molecule has 0 aromatic heterocycles. The van der Waals surface area contributed by atoms with Crippen LogP contribution in [0.25, 0.3) is 10.4 Å². The van der Waals surface area contributed by atoms with Crippen LogP contribution in [0.15, 0.2) is 5.11 Å². The van der Waals surface area contributed by atoms with Crippen molar-refractivity contribution in [2.45, 2.75) is 0 Å². The molecule has 0 fully saturated rings. The molecule has 0 aliphatic carbocycles. The Morgan fingerprint density at radius 3 is 2.89 bits per heavy atom. The third-order valence-corrected chi connectivity index (χ3v) is 0.806. The summed E-state index contributed by atoms with van der Waals surface area (Å²) in [6, 6.07) is 0. The van der Waals surface area contributed by atoms with Crippen molar-refractivity contribution in [3.05, 3.63) is 10.4 Å². The zero-order valence-corrected chi connectivity index (χ0v) is 4.77. The van der Waals surface area contributed by atoms with Crippen molar-refractivity contribution >= 4 is 6.29 Å². The first-order valence-electron chi connectivity index (χ1n) is 2.42. The van der Waals surface area contributed by atoms with Gasteiger partial charge in [-0.25, -0.2) is 0 Å². The minimum absolute atomic E-state index is 0.0382. The average molecular weight is 129 g/mol. The number of carbonyl (C=O) groups excluding carboxylic acids is 1. The molecule has 0 spiro atoms. The summed E-state index contributed by atoms with van der Waals surface area (Å²) in [4.78, 5) is 12.3. The van der Waals surface area contributed by atoms with Crippen molar-refractivity contribution < 1.29 is 9.90 Å². The van der Waals surface area contributed by atoms with Gasteiger partial charge in [-0.1, -0.05) is 5.11 Å². The van der Waals surface area contributed by atoms with Crippen LogP contribution in [0.1, 0.15) is 0 Å². The van der Waals surface area contributed by atoms with E-state index < -0.39 is 5.92 Å². The molecule has 5 heteroatoms. The highest BCUT2D eigenvalue weighted by Gasteiger charge is 2.01. The molecule has 50 valence electrons. The van der Waals surface area contributed by atoms with Gasteiger partial charge in [-0.3, -0.25) is 0 Å². The Bertz CT molecular complexity index is 130. The molecule has 0 heterocycles. The van der Waals surface area contributed by atoms with Gasteiger partial charge in [0.25, 0.3) is 0 Å². The van der Waals surface area contributed by atoms with Crippen LogP contribution in [0.4, 0.5) is 0 Å². The second-order valence-corrected chi connectivity index (χ2v) is 1.49. The first-order valence-corrected chi connectivity index (χ1v) is 2.42. The van der Waals surface area contributed by atoms with E-state index in [9.17, 15) is 4.79 Å². The first kappa shape index (κ1) is 7.94. The zero-order chi connectivity index (χ0) is 7.11. The predicted molar refractivity (Wildman–Crippen MR) is 30.7 cm³/mol. The number of aldehydes is 1. The van der Waals surface area contributed by atoms with Crippen LogP contribution < -0.4 is 0 Å². The molecular formula is C4H7N3O2. The van der Waals surface area contributed by atoms with E-state index in [4.69, 9.17) is 10.6 Å². The van der Waals surface area contributed by atoms with Crippen molar-refractivity contribution in [1.82, 2.24) is 0 Å². The van der Waals surface area contributed by atoms with Gasteiger partial charge < -0.3 is 9.90 Å². The topological polar surface area (TPSA) is 86.1 Å². The molecule has 0 saturated heterocycles. The highest BCUT2D eigenvalue weighted by atomic mass is 16.3. The van der Waals surface area contributed by atoms with Crippen LogP contribution in [0.3, 0.4) is 0 Å². The SMILES string of the molecule is [N-]=[N+]=NC[C@H](C=O)CO. The molecule has 0 unspecified atom stereocenters. The number of carbonyl (C=O) groups is 1. The standard InChI is InChI=1S/C4H7N3O2/c5-7-6-1-4(2-8)3-9/h2,4,9H,1,3H2/t4-/m1/s1. The summed E-state index contributed by atoms with van der Waals surface area (Å²) in [5.41, 5.74) is 7.77. The summed E-state index contributed by atoms with van der Waals surface area (Å²) in [6.07, 6.45) is 0.564. The molecule has 1 N–H and O–H groups in total. The number of nitrogens with zero attached hydrogens (tertiary/aromatic N) is 3. The number of azide groups is 1. The highest BCUT2D eigenvalue weighted by molar-refractivity contribution is 5.53. The van der Waals surface area contributed by atoms with Crippen LogP contribution in [-0.2, 0) is 4.79 Å². The molecule has 0 aromatic rings. The number of hydrogen-bond acceptors (Lipinski definition) is 3. The molecule has 0 radical (unpaired) electrons. The van der Waals surface area contributed by atoms with Gasteiger partial charge in [0, 0.05) is 17.4 Å². The van der Waals surface area contributed by atoms with Gasteiger partial charge in [-0.15, -0.1) is 0 Å². The van der Waals surface area contributed by atoms with E-state index in [0.717, 1.165) is 0 Å². The van der Waals surface area contributed by atoms with Gasteiger partial charge in [0.05, 0.1) is 6.61 Å². The van der Waals surface area contributed by atoms with Crippen molar-refractivity contribution in [2.24, 2.45) is 11.0 Å². The molecule has 1 atom stereocenters. The second-order valence-electron chi connectivity index (χ2n) is 1.49. The Morgan fingerprint density at radius 1 is 1.89 bits per heavy atom. The van der Waals surface area contributed by atoms with E-state index in [1.807, 2.05) is 0 Å². The summed E-state index contributed by atoms with van der Waals surface area (Å²) < 4.78 is 0. The van der Waals surface area contributed by atoms with Crippen LogP contribution >= 0.6 is 0 Å². The van der Waals surface area contributed by atoms with Crippen LogP contribution in [0.2, 0.25) is 0 Å². The van der Waals surface area contributed by atoms with Crippen molar-refractivity contribution in [1.29, 1.82) is 0 Å². The van der Waals surface area contributed by atoms with E-state index in [1.54, 1.807) is 0 Å². The quantitative estimate of drug-likeness (QED) is 0.252. The molecule has 0 aliphatic rings. The molecule has 0 saturated carbocycles. The van der Waals surface area contributed by atoms with Gasteiger partial charge in [0.1, 0.15) is 6.29 Å². The monoisotopic (exact) mass is 129 g/mol. The predicted octanol–water partition coefficient (Wildman–Crippen LogP) is 0.104. The molecule has 0 amide bonds. The Hall–Kier alpha value is -1.06. The number of hydrogen-bond donors (Lipinski definition) is 1. The minimum Gasteiger partial charge on any atom is -0.396 e. The van der Waals surface area contributed by atoms with Gasteiger partial charge in [-0.05, 0) is 5.53 Å². The number of rotatable bonds is 4. The lowest BCUT2D eigenvalue weighted by Gasteiger charge is -1.97. The maximum atomic E-state index is 9.90. The third kappa shape index (κ3) is 3.52. The Balaban J connectivity index is 3.54. The fourth-order valence-electron chi connectivity index (χ4n) is 0.285. The van der Waals surface area contributed by atoms with Crippen molar-refractivity contribution in [3.63, 3.8) is 0 Å². The lowest BCUT2D eigenvalue weighted by Crippen LogP contribution is -2.10. The first-order chi connectivity index (χ1) is 4.35. The van der Waals surface area contributed by atoms with E-state index >= 15 is 0 Å². The molecule has 0 rings (SSSR count). The largest absolute Gasteiger partial charge is 0.396 e. The van der Waals surface area contributed by atoms with E-state index in [2.05, 4.69) is 10.0 Å². The summed E-state index contributed by atoms with van der Waals surface area (Å²) in [5, 5.41) is 11.4. The fraction of sp³-hybridized carbons (Fsp3) is 0.750. The minimum atomic E-state index is -0.541. The van der Waals surface area contributed by atoms with Crippen LogP contribution in [-0.4, -0.2) is 24.5 Å². The van der Waals surface area contributed by atoms with Crippen molar-refractivity contribution in [3.8, 4) is 0 Å². The third-order valence-electron chi connectivity index (χ3n) is 0.806. The number of aliphatic hydroxyl groups excluding tert-OH is 1. The maximum absolute atomic E-state index is 9.90. The summed E-state index contributed by atoms with van der Waals surface area (Å²) >= 11 is 0. The Morgan fingerprint density at radius 2 is 2.56 bits per heavy atom. The summed E-state index contributed by atoms with van der Waals surface area (Å²) in [7, 11) is 0. The molecular weight excluding hydrogens is 122 g/mol. The smallest absolute Gasteiger partial charge is 0.125 e. The lowest BCUT2D eigenvalue weighted by atomic mass is 10.2. The van der Waals surface area contributed by atoms with Crippen LogP contribution in [0, 0.1) is 5.92 Å². The van der Waals surface area contributed by atoms with Crippen molar-refractivity contribution in [2.75, 3.05) is 13.2 Å². The van der Waals surface area contributed by atoms with Gasteiger partial charge in [0.15, 0.2) is 0 Å². The van der Waals surface area contributed by atoms with Crippen LogP contribution in [0.5, 0.6) is 0 Å². The highest BCUT2D eigenvalue weighted by Crippen LogP contribution is 1.89. The molecule has 9 heavy (non-hydrogen) atoms. The van der Waals surface area contributed by atoms with E-state index in [-0.39, 0.29) is 13.2 Å². The maximum Gasteiger partial charge on any atom is 0.125 e. The lowest BCUT2D eigenvalue weighted by molar-refractivity contribution is -0.111. The molecule has 0 aliphatic heterocycles. The molecule has 0 aromatic carbocycles. The number of aliphatic hydroxyl groups is 1. The van der Waals surface area contributed by atoms with E-state index in [1.165, 1.54) is 0 Å². The summed E-state index contributed by atoms with van der Waals surface area (Å²) in [6.45, 7) is -0.223. The average Bonchev–Trinajstić information content (AvgIpc) is 1.91. The van der Waals surface area contributed by atoms with E-state index in [0.29, 0.717) is 6.29 Å². The zero-order valence-electron chi connectivity index (χ0n) is 4.77. The van der Waals surface area contributed by atoms with Gasteiger partial charge in [0.2, 0.25) is 0 Å². The fourth-order valence-corrected chi connectivity index (χ4v) is 0.285. The second kappa shape index (κ2) is 5.08. The Kier molecular flexibility index (Phi) is 4.49. The Labute approximate surface area is 51.9 Å². The van der Waals surface area contributed by atoms with Gasteiger partial charge in [-0.2, -0.15) is 0 Å². The van der Waals surface area contributed by atoms with Gasteiger partial charge >= 0.3 is 0 Å². The normalized spacial score (nSPS) is 11.7. The summed E-state index contributed by atoms with van der Waals surface area (Å²) in [5.74, 6) is -0.541.